The predicted molar refractivity (Wildman–Crippen MR) is 100 cm³/mol. The molecule has 1 aromatic carbocycles. The van der Waals surface area contributed by atoms with Gasteiger partial charge in [0.25, 0.3) is 5.91 Å². The number of aliphatic hydroxyl groups is 1. The molecular formula is C19H29ClN2O3. The molecule has 3 rings (SSSR count). The van der Waals surface area contributed by atoms with E-state index in [0.717, 1.165) is 37.9 Å². The van der Waals surface area contributed by atoms with Crippen LogP contribution in [0.3, 0.4) is 0 Å². The Hall–Kier alpha value is -1.14. The first-order chi connectivity index (χ1) is 11.5. The van der Waals surface area contributed by atoms with Crippen LogP contribution in [0.4, 0.5) is 0 Å². The summed E-state index contributed by atoms with van der Waals surface area (Å²) < 4.78 is 6.01. The van der Waals surface area contributed by atoms with Crippen LogP contribution in [0.5, 0.6) is 0 Å². The summed E-state index contributed by atoms with van der Waals surface area (Å²) in [6.07, 6.45) is 2.25. The highest BCUT2D eigenvalue weighted by Crippen LogP contribution is 2.38. The van der Waals surface area contributed by atoms with Crippen LogP contribution in [0, 0.1) is 0 Å². The highest BCUT2D eigenvalue weighted by Gasteiger charge is 2.53. The molecule has 6 heteroatoms. The van der Waals surface area contributed by atoms with Crippen LogP contribution in [-0.2, 0) is 11.2 Å². The van der Waals surface area contributed by atoms with Gasteiger partial charge in [0.2, 0.25) is 0 Å². The monoisotopic (exact) mass is 368 g/mol. The largest absolute Gasteiger partial charge is 0.388 e. The zero-order valence-electron chi connectivity index (χ0n) is 15.0. The van der Waals surface area contributed by atoms with Crippen LogP contribution < -0.4 is 10.6 Å². The normalized spacial score (nSPS) is 28.2. The molecule has 2 aliphatic heterocycles. The molecular weight excluding hydrogens is 340 g/mol. The van der Waals surface area contributed by atoms with E-state index in [0.29, 0.717) is 18.6 Å². The molecule has 1 amide bonds. The number of nitrogens with one attached hydrogen (secondary N) is 2. The van der Waals surface area contributed by atoms with Gasteiger partial charge in [-0.25, -0.2) is 0 Å². The van der Waals surface area contributed by atoms with Crippen molar-refractivity contribution in [3.8, 4) is 0 Å². The molecule has 1 aromatic rings. The predicted octanol–water partition coefficient (Wildman–Crippen LogP) is 2.06. The zero-order chi connectivity index (χ0) is 17.2. The summed E-state index contributed by atoms with van der Waals surface area (Å²) in [4.78, 5) is 12.8. The van der Waals surface area contributed by atoms with Crippen molar-refractivity contribution in [2.45, 2.75) is 56.8 Å². The van der Waals surface area contributed by atoms with Gasteiger partial charge in [0.05, 0.1) is 11.1 Å². The quantitative estimate of drug-likeness (QED) is 0.763. The first-order valence-corrected chi connectivity index (χ1v) is 8.94. The SMILES string of the molecule is CCc1ccccc1C(=O)N[C@]1(C)CCOC2(CCNCC2)[C@H]1O.Cl. The lowest BCUT2D eigenvalue weighted by Gasteiger charge is -2.52. The number of amides is 1. The summed E-state index contributed by atoms with van der Waals surface area (Å²) in [7, 11) is 0. The lowest BCUT2D eigenvalue weighted by atomic mass is 9.73. The van der Waals surface area contributed by atoms with Gasteiger partial charge in [0.1, 0.15) is 6.10 Å². The highest BCUT2D eigenvalue weighted by molar-refractivity contribution is 5.96. The maximum atomic E-state index is 12.8. The minimum absolute atomic E-state index is 0. The van der Waals surface area contributed by atoms with Gasteiger partial charge in [-0.3, -0.25) is 4.79 Å². The summed E-state index contributed by atoms with van der Waals surface area (Å²) in [5, 5.41) is 17.5. The molecule has 0 unspecified atom stereocenters. The number of rotatable bonds is 3. The van der Waals surface area contributed by atoms with E-state index >= 15 is 0 Å². The Morgan fingerprint density at radius 3 is 2.68 bits per heavy atom. The van der Waals surface area contributed by atoms with Crippen LogP contribution in [0.15, 0.2) is 24.3 Å². The van der Waals surface area contributed by atoms with Crippen molar-refractivity contribution < 1.29 is 14.6 Å². The van der Waals surface area contributed by atoms with E-state index < -0.39 is 17.2 Å². The van der Waals surface area contributed by atoms with Crippen molar-refractivity contribution in [3.63, 3.8) is 0 Å². The van der Waals surface area contributed by atoms with E-state index in [-0.39, 0.29) is 18.3 Å². The molecule has 2 atom stereocenters. The summed E-state index contributed by atoms with van der Waals surface area (Å²) in [6, 6.07) is 7.66. The summed E-state index contributed by atoms with van der Waals surface area (Å²) in [6.45, 7) is 6.21. The van der Waals surface area contributed by atoms with Gasteiger partial charge in [0.15, 0.2) is 0 Å². The maximum absolute atomic E-state index is 12.8. The number of benzene rings is 1. The third kappa shape index (κ3) is 3.85. The average molecular weight is 369 g/mol. The van der Waals surface area contributed by atoms with Gasteiger partial charge < -0.3 is 20.5 Å². The number of aliphatic hydroxyl groups excluding tert-OH is 1. The molecule has 140 valence electrons. The number of piperidine rings is 1. The lowest BCUT2D eigenvalue weighted by Crippen LogP contribution is -2.69. The van der Waals surface area contributed by atoms with Crippen LogP contribution >= 0.6 is 12.4 Å². The van der Waals surface area contributed by atoms with E-state index in [1.54, 1.807) is 0 Å². The fraction of sp³-hybridized carbons (Fsp3) is 0.632. The Morgan fingerprint density at radius 2 is 2.00 bits per heavy atom. The molecule has 0 bridgehead atoms. The summed E-state index contributed by atoms with van der Waals surface area (Å²) in [5.41, 5.74) is 0.500. The standard InChI is InChI=1S/C19H28N2O3.ClH/c1-3-14-6-4-5-7-15(14)16(22)21-18(2)10-13-24-19(17(18)23)8-11-20-12-9-19;/h4-7,17,20,23H,3,8-13H2,1-2H3,(H,21,22);1H/t17-,18+;/m0./s1. The molecule has 25 heavy (non-hydrogen) atoms. The lowest BCUT2D eigenvalue weighted by molar-refractivity contribution is -0.197. The number of ether oxygens (including phenoxy) is 1. The van der Waals surface area contributed by atoms with Crippen molar-refractivity contribution in [1.29, 1.82) is 0 Å². The van der Waals surface area contributed by atoms with Gasteiger partial charge in [-0.1, -0.05) is 25.1 Å². The van der Waals surface area contributed by atoms with Crippen LogP contribution in [0.25, 0.3) is 0 Å². The van der Waals surface area contributed by atoms with Gasteiger partial charge in [-0.05, 0) is 57.3 Å². The number of halogens is 1. The number of aryl methyl sites for hydroxylation is 1. The van der Waals surface area contributed by atoms with Crippen molar-refractivity contribution >= 4 is 18.3 Å². The third-order valence-electron chi connectivity index (χ3n) is 5.60. The fourth-order valence-corrected chi connectivity index (χ4v) is 4.04. The molecule has 5 nitrogen and oxygen atoms in total. The number of hydrogen-bond donors (Lipinski definition) is 3. The zero-order valence-corrected chi connectivity index (χ0v) is 15.8. The molecule has 2 aliphatic rings. The molecule has 3 N–H and O–H groups in total. The van der Waals surface area contributed by atoms with Gasteiger partial charge >= 0.3 is 0 Å². The van der Waals surface area contributed by atoms with Gasteiger partial charge in [0, 0.05) is 12.2 Å². The first kappa shape index (κ1) is 20.2. The van der Waals surface area contributed by atoms with Crippen molar-refractivity contribution in [1.82, 2.24) is 10.6 Å². The smallest absolute Gasteiger partial charge is 0.252 e. The van der Waals surface area contributed by atoms with Crippen molar-refractivity contribution in [2.75, 3.05) is 19.7 Å². The van der Waals surface area contributed by atoms with Crippen LogP contribution in [0.1, 0.15) is 49.0 Å². The topological polar surface area (TPSA) is 70.6 Å². The Kier molecular flexibility index (Phi) is 6.49. The third-order valence-corrected chi connectivity index (χ3v) is 5.60. The van der Waals surface area contributed by atoms with Gasteiger partial charge in [-0.15, -0.1) is 12.4 Å². The van der Waals surface area contributed by atoms with E-state index in [1.165, 1.54) is 0 Å². The molecule has 2 heterocycles. The second-order valence-electron chi connectivity index (χ2n) is 7.20. The first-order valence-electron chi connectivity index (χ1n) is 8.94. The second kappa shape index (κ2) is 8.04. The molecule has 2 fully saturated rings. The average Bonchev–Trinajstić information content (AvgIpc) is 2.60. The van der Waals surface area contributed by atoms with E-state index in [2.05, 4.69) is 10.6 Å². The Bertz CT molecular complexity index is 599. The van der Waals surface area contributed by atoms with Crippen LogP contribution in [-0.4, -0.2) is 48.0 Å². The molecule has 2 saturated heterocycles. The Labute approximate surface area is 155 Å². The van der Waals surface area contributed by atoms with Crippen molar-refractivity contribution in [3.05, 3.63) is 35.4 Å². The maximum Gasteiger partial charge on any atom is 0.252 e. The molecule has 0 radical (unpaired) electrons. The fourth-order valence-electron chi connectivity index (χ4n) is 4.04. The highest BCUT2D eigenvalue weighted by atomic mass is 35.5. The van der Waals surface area contributed by atoms with E-state index in [9.17, 15) is 9.90 Å². The minimum Gasteiger partial charge on any atom is -0.388 e. The Balaban J connectivity index is 0.00000225. The number of carbonyl (C=O) groups is 1. The van der Waals surface area contributed by atoms with E-state index in [4.69, 9.17) is 4.74 Å². The van der Waals surface area contributed by atoms with E-state index in [1.807, 2.05) is 38.1 Å². The second-order valence-corrected chi connectivity index (χ2v) is 7.20. The van der Waals surface area contributed by atoms with Gasteiger partial charge in [-0.2, -0.15) is 0 Å². The summed E-state index contributed by atoms with van der Waals surface area (Å²) in [5.74, 6) is -0.111. The van der Waals surface area contributed by atoms with Crippen molar-refractivity contribution in [2.24, 2.45) is 0 Å². The minimum atomic E-state index is -0.710. The molecule has 1 spiro atoms. The molecule has 0 saturated carbocycles. The number of hydrogen-bond acceptors (Lipinski definition) is 4. The molecule has 0 aliphatic carbocycles. The summed E-state index contributed by atoms with van der Waals surface area (Å²) >= 11 is 0. The molecule has 0 aromatic heterocycles. The Morgan fingerprint density at radius 1 is 1.32 bits per heavy atom. The van der Waals surface area contributed by atoms with Crippen LogP contribution in [0.2, 0.25) is 0 Å². The number of carbonyl (C=O) groups excluding carboxylic acids is 1.